The van der Waals surface area contributed by atoms with Gasteiger partial charge in [0.25, 0.3) is 0 Å². The standard InChI is InChI=1S/C20H28N2O/c1-16-7-12-19(23-16)15-22-13-5-4-6-20(22)18-10-8-17(9-11-18)14-21(2)3/h7-12,20H,4-6,13-15H2,1-3H3/t20-/m1/s1. The van der Waals surface area contributed by atoms with E-state index in [2.05, 4.69) is 60.3 Å². The summed E-state index contributed by atoms with van der Waals surface area (Å²) in [4.78, 5) is 4.78. The highest BCUT2D eigenvalue weighted by molar-refractivity contribution is 5.25. The van der Waals surface area contributed by atoms with Gasteiger partial charge >= 0.3 is 0 Å². The Labute approximate surface area is 139 Å². The van der Waals surface area contributed by atoms with Crippen molar-refractivity contribution in [2.45, 2.75) is 45.3 Å². The monoisotopic (exact) mass is 312 g/mol. The zero-order valence-electron chi connectivity index (χ0n) is 14.6. The fourth-order valence-electron chi connectivity index (χ4n) is 3.54. The number of benzene rings is 1. The van der Waals surface area contributed by atoms with Gasteiger partial charge in [-0.05, 0) is 63.7 Å². The van der Waals surface area contributed by atoms with Gasteiger partial charge in [-0.3, -0.25) is 4.90 Å². The molecular formula is C20H28N2O. The smallest absolute Gasteiger partial charge is 0.118 e. The lowest BCUT2D eigenvalue weighted by atomic mass is 9.94. The van der Waals surface area contributed by atoms with Crippen LogP contribution in [0.1, 0.15) is 48.0 Å². The molecule has 1 fully saturated rings. The van der Waals surface area contributed by atoms with Gasteiger partial charge in [-0.15, -0.1) is 0 Å². The predicted molar refractivity (Wildman–Crippen MR) is 94.3 cm³/mol. The molecule has 3 nitrogen and oxygen atoms in total. The van der Waals surface area contributed by atoms with E-state index in [0.29, 0.717) is 6.04 Å². The van der Waals surface area contributed by atoms with Crippen molar-refractivity contribution in [3.05, 3.63) is 59.0 Å². The first-order valence-electron chi connectivity index (χ1n) is 8.65. The molecule has 0 spiro atoms. The Hall–Kier alpha value is -1.58. The second-order valence-corrected chi connectivity index (χ2v) is 6.97. The van der Waals surface area contributed by atoms with Crippen LogP contribution < -0.4 is 0 Å². The van der Waals surface area contributed by atoms with Crippen molar-refractivity contribution in [3.63, 3.8) is 0 Å². The van der Waals surface area contributed by atoms with Gasteiger partial charge in [0, 0.05) is 12.6 Å². The molecule has 2 aromatic rings. The fourth-order valence-corrected chi connectivity index (χ4v) is 3.54. The second-order valence-electron chi connectivity index (χ2n) is 6.97. The van der Waals surface area contributed by atoms with Crippen molar-refractivity contribution in [2.75, 3.05) is 20.6 Å². The molecule has 1 aliphatic rings. The normalized spacial score (nSPS) is 19.4. The highest BCUT2D eigenvalue weighted by Gasteiger charge is 2.24. The summed E-state index contributed by atoms with van der Waals surface area (Å²) in [7, 11) is 4.23. The first-order valence-corrected chi connectivity index (χ1v) is 8.65. The van der Waals surface area contributed by atoms with Crippen LogP contribution in [0.3, 0.4) is 0 Å². The molecule has 124 valence electrons. The number of furan rings is 1. The van der Waals surface area contributed by atoms with E-state index < -0.39 is 0 Å². The molecule has 1 aromatic carbocycles. The van der Waals surface area contributed by atoms with Crippen LogP contribution in [-0.4, -0.2) is 30.4 Å². The van der Waals surface area contributed by atoms with Crippen LogP contribution in [0.2, 0.25) is 0 Å². The van der Waals surface area contributed by atoms with E-state index in [1.54, 1.807) is 0 Å². The van der Waals surface area contributed by atoms with Crippen LogP contribution in [0.25, 0.3) is 0 Å². The van der Waals surface area contributed by atoms with Crippen LogP contribution in [0.15, 0.2) is 40.8 Å². The van der Waals surface area contributed by atoms with E-state index in [0.717, 1.165) is 31.2 Å². The Morgan fingerprint density at radius 1 is 1.09 bits per heavy atom. The van der Waals surface area contributed by atoms with Crippen LogP contribution in [-0.2, 0) is 13.1 Å². The van der Waals surface area contributed by atoms with E-state index in [4.69, 9.17) is 4.42 Å². The Bertz CT molecular complexity index is 615. The summed E-state index contributed by atoms with van der Waals surface area (Å²) in [6.45, 7) is 5.09. The Morgan fingerprint density at radius 2 is 1.87 bits per heavy atom. The van der Waals surface area contributed by atoms with Crippen LogP contribution in [0.5, 0.6) is 0 Å². The molecule has 0 N–H and O–H groups in total. The molecule has 1 atom stereocenters. The van der Waals surface area contributed by atoms with Gasteiger partial charge in [0.05, 0.1) is 6.54 Å². The molecule has 2 heterocycles. The maximum absolute atomic E-state index is 5.79. The summed E-state index contributed by atoms with van der Waals surface area (Å²) in [6, 6.07) is 13.9. The summed E-state index contributed by atoms with van der Waals surface area (Å²) in [5, 5.41) is 0. The quantitative estimate of drug-likeness (QED) is 0.817. The maximum Gasteiger partial charge on any atom is 0.118 e. The van der Waals surface area contributed by atoms with Gasteiger partial charge < -0.3 is 9.32 Å². The molecule has 1 aliphatic heterocycles. The number of hydrogen-bond acceptors (Lipinski definition) is 3. The highest BCUT2D eigenvalue weighted by atomic mass is 16.3. The number of likely N-dealkylation sites (tertiary alicyclic amines) is 1. The van der Waals surface area contributed by atoms with Crippen molar-refractivity contribution in [1.82, 2.24) is 9.80 Å². The number of nitrogens with zero attached hydrogens (tertiary/aromatic N) is 2. The lowest BCUT2D eigenvalue weighted by molar-refractivity contribution is 0.130. The van der Waals surface area contributed by atoms with Gasteiger partial charge in [0.15, 0.2) is 0 Å². The van der Waals surface area contributed by atoms with E-state index in [-0.39, 0.29) is 0 Å². The van der Waals surface area contributed by atoms with Gasteiger partial charge in [0.2, 0.25) is 0 Å². The Balaban J connectivity index is 1.72. The summed E-state index contributed by atoms with van der Waals surface area (Å²) in [6.07, 6.45) is 3.85. The molecule has 0 bridgehead atoms. The van der Waals surface area contributed by atoms with Gasteiger partial charge in [0.1, 0.15) is 11.5 Å². The molecule has 0 amide bonds. The zero-order chi connectivity index (χ0) is 16.2. The summed E-state index contributed by atoms with van der Waals surface area (Å²) >= 11 is 0. The maximum atomic E-state index is 5.79. The van der Waals surface area contributed by atoms with Crippen molar-refractivity contribution < 1.29 is 4.42 Å². The fraction of sp³-hybridized carbons (Fsp3) is 0.500. The lowest BCUT2D eigenvalue weighted by Gasteiger charge is -2.35. The molecule has 0 saturated carbocycles. The zero-order valence-corrected chi connectivity index (χ0v) is 14.6. The van der Waals surface area contributed by atoms with E-state index >= 15 is 0 Å². The van der Waals surface area contributed by atoms with E-state index in [1.807, 2.05) is 6.92 Å². The van der Waals surface area contributed by atoms with Gasteiger partial charge in [-0.1, -0.05) is 30.7 Å². The number of aryl methyl sites for hydroxylation is 1. The first-order chi connectivity index (χ1) is 11.1. The Kier molecular flexibility index (Phi) is 5.19. The predicted octanol–water partition coefficient (Wildman–Crippen LogP) is 4.38. The van der Waals surface area contributed by atoms with Crippen molar-refractivity contribution in [2.24, 2.45) is 0 Å². The highest BCUT2D eigenvalue weighted by Crippen LogP contribution is 2.32. The molecule has 3 rings (SSSR count). The topological polar surface area (TPSA) is 19.6 Å². The molecule has 3 heteroatoms. The van der Waals surface area contributed by atoms with Gasteiger partial charge in [-0.2, -0.15) is 0 Å². The minimum absolute atomic E-state index is 0.516. The third kappa shape index (κ3) is 4.24. The largest absolute Gasteiger partial charge is 0.465 e. The molecule has 0 unspecified atom stereocenters. The third-order valence-corrected chi connectivity index (χ3v) is 4.63. The number of hydrogen-bond donors (Lipinski definition) is 0. The van der Waals surface area contributed by atoms with E-state index in [1.165, 1.54) is 30.4 Å². The first kappa shape index (κ1) is 16.3. The van der Waals surface area contributed by atoms with Crippen LogP contribution in [0.4, 0.5) is 0 Å². The molecule has 23 heavy (non-hydrogen) atoms. The average molecular weight is 312 g/mol. The van der Waals surface area contributed by atoms with Crippen molar-refractivity contribution >= 4 is 0 Å². The second kappa shape index (κ2) is 7.33. The Morgan fingerprint density at radius 3 is 2.52 bits per heavy atom. The molecule has 0 aliphatic carbocycles. The average Bonchev–Trinajstić information content (AvgIpc) is 2.93. The molecular weight excluding hydrogens is 284 g/mol. The summed E-state index contributed by atoms with van der Waals surface area (Å²) in [5.74, 6) is 2.08. The molecule has 1 aromatic heterocycles. The van der Waals surface area contributed by atoms with Gasteiger partial charge in [-0.25, -0.2) is 0 Å². The minimum Gasteiger partial charge on any atom is -0.465 e. The van der Waals surface area contributed by atoms with Crippen molar-refractivity contribution in [1.29, 1.82) is 0 Å². The third-order valence-electron chi connectivity index (χ3n) is 4.63. The lowest BCUT2D eigenvalue weighted by Crippen LogP contribution is -2.32. The summed E-state index contributed by atoms with van der Waals surface area (Å²) in [5.41, 5.74) is 2.82. The van der Waals surface area contributed by atoms with Crippen LogP contribution >= 0.6 is 0 Å². The van der Waals surface area contributed by atoms with E-state index in [9.17, 15) is 0 Å². The minimum atomic E-state index is 0.516. The number of piperidine rings is 1. The number of rotatable bonds is 5. The summed E-state index contributed by atoms with van der Waals surface area (Å²) < 4.78 is 5.79. The molecule has 1 saturated heterocycles. The van der Waals surface area contributed by atoms with Crippen molar-refractivity contribution in [3.8, 4) is 0 Å². The SMILES string of the molecule is Cc1ccc(CN2CCCC[C@@H]2c2ccc(CN(C)C)cc2)o1. The molecule has 0 radical (unpaired) electrons. The van der Waals surface area contributed by atoms with Crippen LogP contribution in [0, 0.1) is 6.92 Å².